The van der Waals surface area contributed by atoms with E-state index in [4.69, 9.17) is 9.47 Å². The SMILES string of the molecule is Brc1ccc2c(c1)C1CC(O2)Oc2ccc(Br)cc21. The van der Waals surface area contributed by atoms with Crippen LogP contribution in [0.4, 0.5) is 0 Å². The van der Waals surface area contributed by atoms with Gasteiger partial charge in [-0.1, -0.05) is 31.9 Å². The smallest absolute Gasteiger partial charge is 0.242 e. The second-order valence-electron chi connectivity index (χ2n) is 4.82. The summed E-state index contributed by atoms with van der Waals surface area (Å²) in [6.45, 7) is 0. The molecule has 2 aliphatic rings. The molecule has 96 valence electrons. The van der Waals surface area contributed by atoms with Gasteiger partial charge in [0.15, 0.2) is 0 Å². The Labute approximate surface area is 128 Å². The molecule has 4 rings (SSSR count). The minimum atomic E-state index is -0.174. The van der Waals surface area contributed by atoms with Gasteiger partial charge in [0.2, 0.25) is 6.29 Å². The standard InChI is InChI=1S/C15H10Br2O2/c16-8-1-3-13-11(5-8)10-7-15(18-13)19-14-4-2-9(17)6-12(10)14/h1-6,10,15H,7H2. The largest absolute Gasteiger partial charge is 0.455 e. The Morgan fingerprint density at radius 3 is 1.89 bits per heavy atom. The highest BCUT2D eigenvalue weighted by molar-refractivity contribution is 9.10. The van der Waals surface area contributed by atoms with Crippen molar-refractivity contribution in [2.75, 3.05) is 0 Å². The van der Waals surface area contributed by atoms with Crippen molar-refractivity contribution >= 4 is 31.9 Å². The number of hydrogen-bond acceptors (Lipinski definition) is 2. The fourth-order valence-electron chi connectivity index (χ4n) is 2.82. The van der Waals surface area contributed by atoms with Crippen LogP contribution in [0, 0.1) is 0 Å². The summed E-state index contributed by atoms with van der Waals surface area (Å²) >= 11 is 7.08. The summed E-state index contributed by atoms with van der Waals surface area (Å²) < 4.78 is 13.9. The molecule has 0 spiro atoms. The maximum Gasteiger partial charge on any atom is 0.242 e. The Morgan fingerprint density at radius 2 is 1.37 bits per heavy atom. The van der Waals surface area contributed by atoms with Gasteiger partial charge in [-0.2, -0.15) is 0 Å². The third kappa shape index (κ3) is 1.89. The Morgan fingerprint density at radius 1 is 0.842 bits per heavy atom. The van der Waals surface area contributed by atoms with Crippen molar-refractivity contribution < 1.29 is 9.47 Å². The van der Waals surface area contributed by atoms with Gasteiger partial charge in [0.05, 0.1) is 0 Å². The van der Waals surface area contributed by atoms with Crippen molar-refractivity contribution in [3.63, 3.8) is 0 Å². The molecule has 2 bridgehead atoms. The van der Waals surface area contributed by atoms with Crippen molar-refractivity contribution in [2.24, 2.45) is 0 Å². The molecule has 0 atom stereocenters. The minimum absolute atomic E-state index is 0.174. The third-order valence-corrected chi connectivity index (χ3v) is 4.63. The van der Waals surface area contributed by atoms with E-state index < -0.39 is 0 Å². The highest BCUT2D eigenvalue weighted by Gasteiger charge is 2.36. The molecule has 0 saturated heterocycles. The summed E-state index contributed by atoms with van der Waals surface area (Å²) in [5.74, 6) is 2.19. The first-order chi connectivity index (χ1) is 9.20. The van der Waals surface area contributed by atoms with Gasteiger partial charge >= 0.3 is 0 Å². The highest BCUT2D eigenvalue weighted by atomic mass is 79.9. The molecule has 0 aromatic heterocycles. The van der Waals surface area contributed by atoms with Crippen molar-refractivity contribution in [1.29, 1.82) is 0 Å². The monoisotopic (exact) mass is 380 g/mol. The van der Waals surface area contributed by atoms with Gasteiger partial charge in [0, 0.05) is 32.4 Å². The number of benzene rings is 2. The molecule has 0 fully saturated rings. The lowest BCUT2D eigenvalue weighted by atomic mass is 9.84. The van der Waals surface area contributed by atoms with Crippen LogP contribution in [0.25, 0.3) is 0 Å². The van der Waals surface area contributed by atoms with E-state index in [0.717, 1.165) is 26.9 Å². The Hall–Kier alpha value is -1.000. The zero-order chi connectivity index (χ0) is 13.0. The van der Waals surface area contributed by atoms with E-state index in [9.17, 15) is 0 Å². The second kappa shape index (κ2) is 4.25. The molecule has 0 saturated carbocycles. The van der Waals surface area contributed by atoms with E-state index in [0.29, 0.717) is 5.92 Å². The van der Waals surface area contributed by atoms with E-state index in [1.54, 1.807) is 0 Å². The van der Waals surface area contributed by atoms with Gasteiger partial charge in [0.25, 0.3) is 0 Å². The predicted molar refractivity (Wildman–Crippen MR) is 79.8 cm³/mol. The average molecular weight is 382 g/mol. The van der Waals surface area contributed by atoms with Gasteiger partial charge in [-0.25, -0.2) is 0 Å². The van der Waals surface area contributed by atoms with Crippen LogP contribution in [0.1, 0.15) is 23.5 Å². The van der Waals surface area contributed by atoms with E-state index in [2.05, 4.69) is 44.0 Å². The fourth-order valence-corrected chi connectivity index (χ4v) is 3.57. The average Bonchev–Trinajstić information content (AvgIpc) is 2.40. The van der Waals surface area contributed by atoms with Crippen molar-refractivity contribution in [3.8, 4) is 11.5 Å². The first-order valence-electron chi connectivity index (χ1n) is 6.13. The number of ether oxygens (including phenoxy) is 2. The lowest BCUT2D eigenvalue weighted by molar-refractivity contribution is -0.0264. The molecule has 0 radical (unpaired) electrons. The van der Waals surface area contributed by atoms with Crippen LogP contribution in [0.3, 0.4) is 0 Å². The van der Waals surface area contributed by atoms with Gasteiger partial charge < -0.3 is 9.47 Å². The molecular formula is C15H10Br2O2. The van der Waals surface area contributed by atoms with E-state index in [1.165, 1.54) is 11.1 Å². The minimum Gasteiger partial charge on any atom is -0.455 e. The summed E-state index contributed by atoms with van der Waals surface area (Å²) in [5, 5.41) is 0. The summed E-state index contributed by atoms with van der Waals surface area (Å²) in [4.78, 5) is 0. The summed E-state index contributed by atoms with van der Waals surface area (Å²) in [5.41, 5.74) is 2.46. The maximum atomic E-state index is 5.89. The molecule has 0 unspecified atom stereocenters. The van der Waals surface area contributed by atoms with Crippen molar-refractivity contribution in [2.45, 2.75) is 18.6 Å². The number of rotatable bonds is 0. The Balaban J connectivity index is 1.93. The van der Waals surface area contributed by atoms with Crippen LogP contribution in [-0.2, 0) is 0 Å². The van der Waals surface area contributed by atoms with Crippen LogP contribution in [0.15, 0.2) is 45.3 Å². The highest BCUT2D eigenvalue weighted by Crippen LogP contribution is 2.48. The number of hydrogen-bond donors (Lipinski definition) is 0. The molecule has 2 aliphatic heterocycles. The zero-order valence-corrected chi connectivity index (χ0v) is 13.1. The lowest BCUT2D eigenvalue weighted by Gasteiger charge is -2.38. The fraction of sp³-hybridized carbons (Fsp3) is 0.200. The van der Waals surface area contributed by atoms with Crippen LogP contribution >= 0.6 is 31.9 Å². The summed E-state index contributed by atoms with van der Waals surface area (Å²) in [7, 11) is 0. The Bertz CT molecular complexity index is 614. The molecule has 2 nitrogen and oxygen atoms in total. The van der Waals surface area contributed by atoms with Gasteiger partial charge in [-0.3, -0.25) is 0 Å². The predicted octanol–water partition coefficient (Wildman–Crippen LogP) is 4.84. The molecular weight excluding hydrogens is 372 g/mol. The van der Waals surface area contributed by atoms with Gasteiger partial charge in [-0.05, 0) is 36.4 Å². The molecule has 0 N–H and O–H groups in total. The van der Waals surface area contributed by atoms with Crippen molar-refractivity contribution in [1.82, 2.24) is 0 Å². The molecule has 0 aliphatic carbocycles. The van der Waals surface area contributed by atoms with Gasteiger partial charge in [-0.15, -0.1) is 0 Å². The first-order valence-corrected chi connectivity index (χ1v) is 7.71. The molecule has 2 aromatic rings. The number of halogens is 2. The number of fused-ring (bicyclic) bond motifs is 6. The van der Waals surface area contributed by atoms with Crippen molar-refractivity contribution in [3.05, 3.63) is 56.5 Å². The van der Waals surface area contributed by atoms with Crippen LogP contribution in [0.2, 0.25) is 0 Å². The topological polar surface area (TPSA) is 18.5 Å². The van der Waals surface area contributed by atoms with Gasteiger partial charge in [0.1, 0.15) is 11.5 Å². The van der Waals surface area contributed by atoms with E-state index in [1.807, 2.05) is 24.3 Å². The lowest BCUT2D eigenvalue weighted by Crippen LogP contribution is -2.35. The summed E-state index contributed by atoms with van der Waals surface area (Å²) in [6.07, 6.45) is 0.694. The summed E-state index contributed by atoms with van der Waals surface area (Å²) in [6, 6.07) is 12.3. The van der Waals surface area contributed by atoms with Crippen LogP contribution in [0.5, 0.6) is 11.5 Å². The first kappa shape index (κ1) is 11.8. The maximum absolute atomic E-state index is 5.89. The molecule has 0 amide bonds. The molecule has 4 heteroatoms. The molecule has 19 heavy (non-hydrogen) atoms. The molecule has 2 aromatic carbocycles. The second-order valence-corrected chi connectivity index (χ2v) is 6.65. The molecule has 2 heterocycles. The van der Waals surface area contributed by atoms with E-state index in [-0.39, 0.29) is 6.29 Å². The third-order valence-electron chi connectivity index (χ3n) is 3.64. The quantitative estimate of drug-likeness (QED) is 0.649. The Kier molecular flexibility index (Phi) is 2.64. The van der Waals surface area contributed by atoms with E-state index >= 15 is 0 Å². The van der Waals surface area contributed by atoms with Crippen LogP contribution < -0.4 is 9.47 Å². The normalized spacial score (nSPS) is 22.8. The van der Waals surface area contributed by atoms with Crippen LogP contribution in [-0.4, -0.2) is 6.29 Å². The zero-order valence-electron chi connectivity index (χ0n) is 9.90.